The number of pyridine rings is 1. The van der Waals surface area contributed by atoms with Gasteiger partial charge in [0, 0.05) is 23.9 Å². The van der Waals surface area contributed by atoms with E-state index in [1.54, 1.807) is 13.3 Å². The fourth-order valence-electron chi connectivity index (χ4n) is 2.74. The monoisotopic (exact) mass is 364 g/mol. The van der Waals surface area contributed by atoms with Gasteiger partial charge in [0.05, 0.1) is 7.11 Å². The van der Waals surface area contributed by atoms with Gasteiger partial charge in [0.1, 0.15) is 22.9 Å². The minimum Gasteiger partial charge on any atom is -0.496 e. The number of nitrogens with one attached hydrogen (secondary N) is 4. The average Bonchev–Trinajstić information content (AvgIpc) is 3.11. The van der Waals surface area contributed by atoms with Crippen LogP contribution in [0.15, 0.2) is 52.2 Å². The van der Waals surface area contributed by atoms with Gasteiger partial charge in [-0.1, -0.05) is 18.2 Å². The molecule has 4 aromatic rings. The lowest BCUT2D eigenvalue weighted by Gasteiger charge is -2.10. The van der Waals surface area contributed by atoms with Gasteiger partial charge in [0.15, 0.2) is 5.65 Å². The topological polar surface area (TPSA) is 129 Å². The molecule has 3 aromatic heterocycles. The van der Waals surface area contributed by atoms with Gasteiger partial charge >= 0.3 is 5.69 Å². The van der Waals surface area contributed by atoms with Crippen LogP contribution >= 0.6 is 0 Å². The van der Waals surface area contributed by atoms with Gasteiger partial charge in [-0.25, -0.2) is 14.8 Å². The first-order valence-electron chi connectivity index (χ1n) is 8.18. The minimum atomic E-state index is -0.598. The predicted octanol–water partition coefficient (Wildman–Crippen LogP) is 1.62. The van der Waals surface area contributed by atoms with E-state index in [9.17, 15) is 9.59 Å². The molecule has 4 rings (SSSR count). The van der Waals surface area contributed by atoms with Crippen LogP contribution in [0, 0.1) is 0 Å². The summed E-state index contributed by atoms with van der Waals surface area (Å²) in [4.78, 5) is 39.3. The summed E-state index contributed by atoms with van der Waals surface area (Å²) in [6.07, 6.45) is 1.63. The van der Waals surface area contributed by atoms with Crippen molar-refractivity contribution in [1.29, 1.82) is 0 Å². The van der Waals surface area contributed by atoms with Gasteiger partial charge < -0.3 is 15.0 Å². The summed E-state index contributed by atoms with van der Waals surface area (Å²) in [5.41, 5.74) is 1.01. The van der Waals surface area contributed by atoms with Gasteiger partial charge in [0.25, 0.3) is 5.56 Å². The highest BCUT2D eigenvalue weighted by Gasteiger charge is 2.10. The number of aromatic amines is 3. The van der Waals surface area contributed by atoms with Crippen molar-refractivity contribution >= 4 is 17.0 Å². The van der Waals surface area contributed by atoms with E-state index in [4.69, 9.17) is 4.74 Å². The minimum absolute atomic E-state index is 0.206. The van der Waals surface area contributed by atoms with Gasteiger partial charge in [-0.05, 0) is 18.2 Å². The molecule has 0 aliphatic rings. The third kappa shape index (κ3) is 3.30. The Morgan fingerprint density at radius 3 is 2.70 bits per heavy atom. The van der Waals surface area contributed by atoms with E-state index in [0.717, 1.165) is 11.3 Å². The molecule has 4 N–H and O–H groups in total. The molecule has 0 saturated carbocycles. The molecule has 0 aliphatic heterocycles. The smallest absolute Gasteiger partial charge is 0.327 e. The van der Waals surface area contributed by atoms with E-state index in [-0.39, 0.29) is 11.2 Å². The number of para-hydroxylation sites is 1. The number of methoxy groups -OCH3 is 1. The van der Waals surface area contributed by atoms with Crippen LogP contribution in [0.3, 0.4) is 0 Å². The lowest BCUT2D eigenvalue weighted by atomic mass is 10.2. The molecule has 0 atom stereocenters. The number of ether oxygens (including phenoxy) is 1. The number of rotatable bonds is 5. The van der Waals surface area contributed by atoms with E-state index in [1.165, 1.54) is 0 Å². The molecule has 0 aliphatic carbocycles. The number of hydrogen-bond acceptors (Lipinski definition) is 6. The van der Waals surface area contributed by atoms with Gasteiger partial charge in [-0.15, -0.1) is 0 Å². The van der Waals surface area contributed by atoms with Crippen molar-refractivity contribution in [3.05, 3.63) is 69.0 Å². The van der Waals surface area contributed by atoms with Crippen LogP contribution in [0.5, 0.6) is 5.75 Å². The number of hydrogen-bond donors (Lipinski definition) is 4. The molecule has 1 aromatic carbocycles. The van der Waals surface area contributed by atoms with E-state index < -0.39 is 11.2 Å². The second-order valence-electron chi connectivity index (χ2n) is 5.81. The Bertz CT molecular complexity index is 1210. The number of H-pyrrole nitrogens is 3. The SMILES string of the molecule is COc1ccccc1CNc1ccc(-c2nc3[nH]c(=O)[nH]c(=O)c3[nH]2)cn1. The zero-order chi connectivity index (χ0) is 18.8. The second kappa shape index (κ2) is 6.79. The Hall–Kier alpha value is -3.88. The standard InChI is InChI=1S/C18H16N6O3/c1-27-12-5-3-2-4-10(12)8-19-13-7-6-11(9-20-13)15-21-14-16(22-15)23-18(26)24-17(14)25/h2-7,9H,8H2,1H3,(H,19,20)(H3,21,22,23,24,25,26). The summed E-state index contributed by atoms with van der Waals surface area (Å²) in [6, 6.07) is 11.4. The molecule has 9 nitrogen and oxygen atoms in total. The number of fused-ring (bicyclic) bond motifs is 1. The molecule has 27 heavy (non-hydrogen) atoms. The van der Waals surface area contributed by atoms with Crippen molar-refractivity contribution in [2.24, 2.45) is 0 Å². The number of aromatic nitrogens is 5. The number of imidazole rings is 1. The Morgan fingerprint density at radius 1 is 1.07 bits per heavy atom. The van der Waals surface area contributed by atoms with E-state index in [1.807, 2.05) is 36.4 Å². The maximum absolute atomic E-state index is 11.8. The van der Waals surface area contributed by atoms with Gasteiger partial charge in [-0.2, -0.15) is 0 Å². The summed E-state index contributed by atoms with van der Waals surface area (Å²) in [5, 5.41) is 3.23. The molecule has 0 amide bonds. The first-order chi connectivity index (χ1) is 13.1. The quantitative estimate of drug-likeness (QED) is 0.426. The van der Waals surface area contributed by atoms with E-state index in [2.05, 4.69) is 30.2 Å². The molecule has 0 saturated heterocycles. The predicted molar refractivity (Wildman–Crippen MR) is 101 cm³/mol. The summed E-state index contributed by atoms with van der Waals surface area (Å²) in [7, 11) is 1.64. The molecule has 136 valence electrons. The lowest BCUT2D eigenvalue weighted by Crippen LogP contribution is -2.21. The lowest BCUT2D eigenvalue weighted by molar-refractivity contribution is 0.410. The summed E-state index contributed by atoms with van der Waals surface area (Å²) in [5.74, 6) is 1.94. The Labute approximate surface area is 152 Å². The zero-order valence-corrected chi connectivity index (χ0v) is 14.4. The van der Waals surface area contributed by atoms with Crippen molar-refractivity contribution in [3.8, 4) is 17.1 Å². The van der Waals surface area contributed by atoms with Crippen LogP contribution in [0.2, 0.25) is 0 Å². The third-order valence-electron chi connectivity index (χ3n) is 4.08. The van der Waals surface area contributed by atoms with Crippen LogP contribution in [0.25, 0.3) is 22.6 Å². The molecular formula is C18H16N6O3. The Morgan fingerprint density at radius 2 is 1.93 bits per heavy atom. The number of anilines is 1. The Balaban J connectivity index is 1.55. The zero-order valence-electron chi connectivity index (χ0n) is 14.4. The highest BCUT2D eigenvalue weighted by atomic mass is 16.5. The molecule has 0 radical (unpaired) electrons. The normalized spacial score (nSPS) is 10.9. The van der Waals surface area contributed by atoms with Crippen LogP contribution in [-0.2, 0) is 6.54 Å². The first kappa shape index (κ1) is 16.6. The van der Waals surface area contributed by atoms with Gasteiger partial charge in [0.2, 0.25) is 0 Å². The molecule has 0 spiro atoms. The molecule has 0 bridgehead atoms. The fourth-order valence-corrected chi connectivity index (χ4v) is 2.74. The maximum Gasteiger partial charge on any atom is 0.327 e. The third-order valence-corrected chi connectivity index (χ3v) is 4.08. The van der Waals surface area contributed by atoms with Crippen molar-refractivity contribution in [2.45, 2.75) is 6.54 Å². The van der Waals surface area contributed by atoms with Crippen molar-refractivity contribution < 1.29 is 4.74 Å². The van der Waals surface area contributed by atoms with Crippen LogP contribution in [0.1, 0.15) is 5.56 Å². The Kier molecular flexibility index (Phi) is 4.17. The van der Waals surface area contributed by atoms with Crippen molar-refractivity contribution in [2.75, 3.05) is 12.4 Å². The number of benzene rings is 1. The summed E-state index contributed by atoms with van der Waals surface area (Å²) in [6.45, 7) is 0.567. The number of nitrogens with zero attached hydrogens (tertiary/aromatic N) is 2. The average molecular weight is 364 g/mol. The fraction of sp³-hybridized carbons (Fsp3) is 0.111. The maximum atomic E-state index is 11.8. The first-order valence-corrected chi connectivity index (χ1v) is 8.18. The van der Waals surface area contributed by atoms with Crippen LogP contribution in [-0.4, -0.2) is 32.0 Å². The van der Waals surface area contributed by atoms with Crippen LogP contribution < -0.4 is 21.3 Å². The largest absolute Gasteiger partial charge is 0.496 e. The van der Waals surface area contributed by atoms with Crippen LogP contribution in [0.4, 0.5) is 5.82 Å². The van der Waals surface area contributed by atoms with Gasteiger partial charge in [-0.3, -0.25) is 14.8 Å². The molecule has 0 unspecified atom stereocenters. The highest BCUT2D eigenvalue weighted by Crippen LogP contribution is 2.20. The van der Waals surface area contributed by atoms with E-state index in [0.29, 0.717) is 23.8 Å². The molecular weight excluding hydrogens is 348 g/mol. The molecule has 9 heteroatoms. The highest BCUT2D eigenvalue weighted by molar-refractivity contribution is 5.74. The van der Waals surface area contributed by atoms with E-state index >= 15 is 0 Å². The van der Waals surface area contributed by atoms with Crippen molar-refractivity contribution in [3.63, 3.8) is 0 Å². The summed E-state index contributed by atoms with van der Waals surface area (Å²) >= 11 is 0. The second-order valence-corrected chi connectivity index (χ2v) is 5.81. The molecule has 0 fully saturated rings. The summed E-state index contributed by atoms with van der Waals surface area (Å²) < 4.78 is 5.33. The molecule has 3 heterocycles. The van der Waals surface area contributed by atoms with Crippen molar-refractivity contribution in [1.82, 2.24) is 24.9 Å².